The zero-order chi connectivity index (χ0) is 22.8. The maximum atomic E-state index is 13.6. The Labute approximate surface area is 200 Å². The molecule has 33 heavy (non-hydrogen) atoms. The van der Waals surface area contributed by atoms with Gasteiger partial charge in [0.05, 0.1) is 22.9 Å². The molecule has 0 saturated carbocycles. The Morgan fingerprint density at radius 3 is 2.45 bits per heavy atom. The van der Waals surface area contributed by atoms with Gasteiger partial charge in [0.1, 0.15) is 0 Å². The van der Waals surface area contributed by atoms with E-state index in [2.05, 4.69) is 4.98 Å². The van der Waals surface area contributed by atoms with Crippen LogP contribution in [0, 0.1) is 0 Å². The number of fused-ring (bicyclic) bond motifs is 1. The second-order valence-electron chi connectivity index (χ2n) is 7.93. The Balaban J connectivity index is 1.44. The van der Waals surface area contributed by atoms with E-state index < -0.39 is 0 Å². The summed E-state index contributed by atoms with van der Waals surface area (Å²) in [7, 11) is 0. The van der Waals surface area contributed by atoms with E-state index in [1.165, 1.54) is 11.3 Å². The van der Waals surface area contributed by atoms with Crippen molar-refractivity contribution in [2.45, 2.75) is 18.9 Å². The van der Waals surface area contributed by atoms with E-state index in [0.717, 1.165) is 23.1 Å². The van der Waals surface area contributed by atoms with Crippen molar-refractivity contribution >= 4 is 50.0 Å². The lowest BCUT2D eigenvalue weighted by atomic mass is 10.0. The minimum Gasteiger partial charge on any atom is -0.376 e. The van der Waals surface area contributed by atoms with Crippen molar-refractivity contribution in [3.05, 3.63) is 94.5 Å². The number of nitrogens with zero attached hydrogens (tertiary/aromatic N) is 2. The van der Waals surface area contributed by atoms with Crippen LogP contribution in [0.15, 0.2) is 72.8 Å². The normalized spacial score (nSPS) is 15.6. The average molecular weight is 477 g/mol. The molecule has 0 aliphatic carbocycles. The van der Waals surface area contributed by atoms with Gasteiger partial charge in [-0.1, -0.05) is 65.4 Å². The van der Waals surface area contributed by atoms with Gasteiger partial charge < -0.3 is 4.74 Å². The molecule has 1 unspecified atom stereocenters. The third-order valence-electron chi connectivity index (χ3n) is 5.66. The van der Waals surface area contributed by atoms with Crippen molar-refractivity contribution in [1.82, 2.24) is 4.98 Å². The smallest absolute Gasteiger partial charge is 0.260 e. The van der Waals surface area contributed by atoms with Crippen molar-refractivity contribution in [2.75, 3.05) is 18.1 Å². The van der Waals surface area contributed by atoms with Gasteiger partial charge in [0.25, 0.3) is 5.91 Å². The first-order valence-electron chi connectivity index (χ1n) is 10.8. The maximum Gasteiger partial charge on any atom is 0.260 e. The largest absolute Gasteiger partial charge is 0.376 e. The summed E-state index contributed by atoms with van der Waals surface area (Å²) in [5, 5.41) is 1.24. The van der Waals surface area contributed by atoms with E-state index in [1.54, 1.807) is 47.4 Å². The van der Waals surface area contributed by atoms with Crippen LogP contribution in [0.5, 0.6) is 0 Å². The fourth-order valence-corrected chi connectivity index (χ4v) is 5.17. The molecule has 1 atom stereocenters. The van der Waals surface area contributed by atoms with Crippen LogP contribution in [0.1, 0.15) is 39.1 Å². The van der Waals surface area contributed by atoms with Gasteiger partial charge in [0, 0.05) is 28.3 Å². The van der Waals surface area contributed by atoms with Crippen molar-refractivity contribution in [1.29, 1.82) is 0 Å². The molecule has 1 aromatic heterocycles. The number of anilines is 1. The summed E-state index contributed by atoms with van der Waals surface area (Å²) in [5.41, 5.74) is 2.45. The molecular formula is C26H21ClN2O3S. The Hall–Kier alpha value is -3.06. The summed E-state index contributed by atoms with van der Waals surface area (Å²) in [4.78, 5) is 32.6. The molecule has 0 N–H and O–H groups in total. The number of ketones is 1. The molecule has 0 bridgehead atoms. The van der Waals surface area contributed by atoms with Gasteiger partial charge in [0.15, 0.2) is 10.9 Å². The maximum absolute atomic E-state index is 13.6. The van der Waals surface area contributed by atoms with E-state index in [-0.39, 0.29) is 17.8 Å². The SMILES string of the molecule is O=C(c1ccccc1)c1ccc(C(=O)N(CC2CCCO2)c2nc3ccc(Cl)cc3s2)cc1. The zero-order valence-corrected chi connectivity index (χ0v) is 19.3. The van der Waals surface area contributed by atoms with Gasteiger partial charge in [-0.3, -0.25) is 14.5 Å². The first kappa shape index (κ1) is 21.8. The van der Waals surface area contributed by atoms with Crippen molar-refractivity contribution in [3.63, 3.8) is 0 Å². The van der Waals surface area contributed by atoms with Crippen LogP contribution in [-0.2, 0) is 4.74 Å². The number of rotatable bonds is 6. The Morgan fingerprint density at radius 2 is 1.73 bits per heavy atom. The molecule has 0 radical (unpaired) electrons. The monoisotopic (exact) mass is 476 g/mol. The molecule has 3 aromatic carbocycles. The van der Waals surface area contributed by atoms with Crippen LogP contribution in [0.25, 0.3) is 10.2 Å². The van der Waals surface area contributed by atoms with E-state index in [9.17, 15) is 9.59 Å². The van der Waals surface area contributed by atoms with Gasteiger partial charge >= 0.3 is 0 Å². The van der Waals surface area contributed by atoms with Gasteiger partial charge in [-0.05, 0) is 43.2 Å². The number of carbonyl (C=O) groups is 2. The van der Waals surface area contributed by atoms with Crippen molar-refractivity contribution < 1.29 is 14.3 Å². The van der Waals surface area contributed by atoms with Gasteiger partial charge in [-0.2, -0.15) is 0 Å². The predicted molar refractivity (Wildman–Crippen MR) is 132 cm³/mol. The van der Waals surface area contributed by atoms with E-state index in [4.69, 9.17) is 16.3 Å². The summed E-state index contributed by atoms with van der Waals surface area (Å²) in [6.45, 7) is 1.13. The number of aromatic nitrogens is 1. The lowest BCUT2D eigenvalue weighted by Crippen LogP contribution is -2.37. The molecule has 1 aliphatic heterocycles. The minimum atomic E-state index is -0.172. The van der Waals surface area contributed by atoms with Crippen LogP contribution < -0.4 is 4.90 Å². The van der Waals surface area contributed by atoms with Crippen LogP contribution in [0.3, 0.4) is 0 Å². The van der Waals surface area contributed by atoms with Crippen LogP contribution >= 0.6 is 22.9 Å². The third-order valence-corrected chi connectivity index (χ3v) is 6.93. The lowest BCUT2D eigenvalue weighted by molar-refractivity contribution is 0.0917. The second kappa shape index (κ2) is 9.43. The van der Waals surface area contributed by atoms with E-state index in [1.807, 2.05) is 30.3 Å². The molecule has 2 heterocycles. The number of hydrogen-bond donors (Lipinski definition) is 0. The standard InChI is InChI=1S/C26H21ClN2O3S/c27-20-12-13-22-23(15-20)33-26(28-22)29(16-21-7-4-14-32-21)25(31)19-10-8-18(9-11-19)24(30)17-5-2-1-3-6-17/h1-3,5-6,8-13,15,21H,4,7,14,16H2. The van der Waals surface area contributed by atoms with E-state index in [0.29, 0.717) is 40.0 Å². The van der Waals surface area contributed by atoms with Crippen LogP contribution in [0.2, 0.25) is 5.02 Å². The number of halogens is 1. The van der Waals surface area contributed by atoms with Gasteiger partial charge in [-0.25, -0.2) is 4.98 Å². The molecule has 1 saturated heterocycles. The fraction of sp³-hybridized carbons (Fsp3) is 0.192. The highest BCUT2D eigenvalue weighted by Crippen LogP contribution is 2.32. The number of hydrogen-bond acceptors (Lipinski definition) is 5. The number of amides is 1. The molecule has 4 aromatic rings. The predicted octanol–water partition coefficient (Wildman–Crippen LogP) is 6.01. The number of thiazole rings is 1. The summed E-state index contributed by atoms with van der Waals surface area (Å²) in [6, 6.07) is 21.4. The summed E-state index contributed by atoms with van der Waals surface area (Å²) in [5.74, 6) is -0.247. The average Bonchev–Trinajstić information content (AvgIpc) is 3.51. The van der Waals surface area contributed by atoms with E-state index >= 15 is 0 Å². The lowest BCUT2D eigenvalue weighted by Gasteiger charge is -2.23. The van der Waals surface area contributed by atoms with Gasteiger partial charge in [-0.15, -0.1) is 0 Å². The fourth-order valence-electron chi connectivity index (χ4n) is 3.92. The first-order chi connectivity index (χ1) is 16.1. The number of benzene rings is 3. The molecule has 5 rings (SSSR count). The molecule has 7 heteroatoms. The first-order valence-corrected chi connectivity index (χ1v) is 12.0. The number of carbonyl (C=O) groups excluding carboxylic acids is 2. The summed E-state index contributed by atoms with van der Waals surface area (Å²) >= 11 is 7.57. The molecule has 1 amide bonds. The molecular weight excluding hydrogens is 456 g/mol. The third kappa shape index (κ3) is 4.69. The quantitative estimate of drug-likeness (QED) is 0.320. The Bertz CT molecular complexity index is 1300. The molecule has 1 fully saturated rings. The van der Waals surface area contributed by atoms with Crippen LogP contribution in [0.4, 0.5) is 5.13 Å². The highest BCUT2D eigenvalue weighted by molar-refractivity contribution is 7.22. The molecule has 166 valence electrons. The van der Waals surface area contributed by atoms with Crippen molar-refractivity contribution in [2.24, 2.45) is 0 Å². The molecule has 1 aliphatic rings. The summed E-state index contributed by atoms with van der Waals surface area (Å²) < 4.78 is 6.72. The van der Waals surface area contributed by atoms with Crippen LogP contribution in [-0.4, -0.2) is 35.9 Å². The van der Waals surface area contributed by atoms with Gasteiger partial charge in [0.2, 0.25) is 0 Å². The highest BCUT2D eigenvalue weighted by Gasteiger charge is 2.27. The number of ether oxygens (including phenoxy) is 1. The zero-order valence-electron chi connectivity index (χ0n) is 17.7. The topological polar surface area (TPSA) is 59.5 Å². The molecule has 0 spiro atoms. The second-order valence-corrected chi connectivity index (χ2v) is 9.38. The minimum absolute atomic E-state index is 0.0246. The Kier molecular flexibility index (Phi) is 6.22. The highest BCUT2D eigenvalue weighted by atomic mass is 35.5. The van der Waals surface area contributed by atoms with Crippen molar-refractivity contribution in [3.8, 4) is 0 Å². The molecule has 5 nitrogen and oxygen atoms in total. The summed E-state index contributed by atoms with van der Waals surface area (Å²) in [6.07, 6.45) is 1.87. The Morgan fingerprint density at radius 1 is 1.00 bits per heavy atom.